The Morgan fingerprint density at radius 2 is 1.88 bits per heavy atom. The third-order valence-electron chi connectivity index (χ3n) is 3.91. The third-order valence-corrected chi connectivity index (χ3v) is 3.91. The number of rotatable bonds is 6. The average molecular weight is 240 g/mol. The van der Waals surface area contributed by atoms with Crippen LogP contribution in [0.25, 0.3) is 0 Å². The molecule has 0 radical (unpaired) electrons. The Bertz CT molecular complexity index is 195. The van der Waals surface area contributed by atoms with Crippen LogP contribution in [0.1, 0.15) is 53.9 Å². The largest absolute Gasteiger partial charge is 0.316 e. The third kappa shape index (κ3) is 5.39. The van der Waals surface area contributed by atoms with Crippen molar-refractivity contribution in [2.75, 3.05) is 19.6 Å². The van der Waals surface area contributed by atoms with E-state index >= 15 is 0 Å². The standard InChI is InChI=1S/C15H32N2/c1-12(2)9-14(5)17(13(3)4)11-15-7-6-8-16-10-15/h12-16H,6-11H2,1-5H3. The first kappa shape index (κ1) is 15.0. The molecule has 0 aromatic heterocycles. The topological polar surface area (TPSA) is 15.3 Å². The Labute approximate surface area is 108 Å². The Morgan fingerprint density at radius 1 is 1.18 bits per heavy atom. The van der Waals surface area contributed by atoms with E-state index in [0.29, 0.717) is 6.04 Å². The maximum absolute atomic E-state index is 3.53. The van der Waals surface area contributed by atoms with Crippen LogP contribution >= 0.6 is 0 Å². The van der Waals surface area contributed by atoms with Crippen molar-refractivity contribution in [2.24, 2.45) is 11.8 Å². The van der Waals surface area contributed by atoms with Crippen LogP contribution in [0.5, 0.6) is 0 Å². The van der Waals surface area contributed by atoms with Gasteiger partial charge in [0.2, 0.25) is 0 Å². The predicted molar refractivity (Wildman–Crippen MR) is 76.4 cm³/mol. The Morgan fingerprint density at radius 3 is 2.35 bits per heavy atom. The first-order chi connectivity index (χ1) is 8.00. The molecule has 1 fully saturated rings. The first-order valence-corrected chi connectivity index (χ1v) is 7.47. The molecule has 2 atom stereocenters. The molecular weight excluding hydrogens is 208 g/mol. The van der Waals surface area contributed by atoms with Crippen molar-refractivity contribution < 1.29 is 0 Å². The van der Waals surface area contributed by atoms with Crippen molar-refractivity contribution in [1.29, 1.82) is 0 Å². The number of piperidine rings is 1. The fourth-order valence-corrected chi connectivity index (χ4v) is 3.10. The van der Waals surface area contributed by atoms with Gasteiger partial charge in [-0.1, -0.05) is 13.8 Å². The van der Waals surface area contributed by atoms with E-state index in [9.17, 15) is 0 Å². The molecule has 2 unspecified atom stereocenters. The van der Waals surface area contributed by atoms with Crippen LogP contribution in [0.4, 0.5) is 0 Å². The van der Waals surface area contributed by atoms with E-state index in [2.05, 4.69) is 44.8 Å². The molecule has 2 heteroatoms. The van der Waals surface area contributed by atoms with Gasteiger partial charge in [0.05, 0.1) is 0 Å². The van der Waals surface area contributed by atoms with Crippen LogP contribution in [0.15, 0.2) is 0 Å². The Balaban J connectivity index is 2.46. The van der Waals surface area contributed by atoms with Crippen molar-refractivity contribution in [3.8, 4) is 0 Å². The Hall–Kier alpha value is -0.0800. The lowest BCUT2D eigenvalue weighted by Gasteiger charge is -2.37. The van der Waals surface area contributed by atoms with Gasteiger partial charge in [0, 0.05) is 18.6 Å². The molecule has 1 heterocycles. The molecule has 17 heavy (non-hydrogen) atoms. The molecule has 0 aromatic carbocycles. The molecule has 0 aromatic rings. The second kappa shape index (κ2) is 7.38. The highest BCUT2D eigenvalue weighted by Gasteiger charge is 2.23. The molecule has 2 nitrogen and oxygen atoms in total. The second-order valence-corrected chi connectivity index (χ2v) is 6.48. The molecule has 1 aliphatic rings. The predicted octanol–water partition coefficient (Wildman–Crippen LogP) is 3.13. The summed E-state index contributed by atoms with van der Waals surface area (Å²) in [6.07, 6.45) is 4.08. The first-order valence-electron chi connectivity index (χ1n) is 7.47. The number of hydrogen-bond acceptors (Lipinski definition) is 2. The highest BCUT2D eigenvalue weighted by atomic mass is 15.2. The molecular formula is C15H32N2. The SMILES string of the molecule is CC(C)CC(C)N(CC1CCCNC1)C(C)C. The molecule has 102 valence electrons. The van der Waals surface area contributed by atoms with Crippen LogP contribution in [0, 0.1) is 11.8 Å². The molecule has 1 aliphatic heterocycles. The summed E-state index contributed by atoms with van der Waals surface area (Å²) in [5.74, 6) is 1.66. The minimum absolute atomic E-state index is 0.672. The van der Waals surface area contributed by atoms with E-state index in [4.69, 9.17) is 0 Å². The van der Waals surface area contributed by atoms with Crippen molar-refractivity contribution >= 4 is 0 Å². The van der Waals surface area contributed by atoms with Gasteiger partial charge in [0.15, 0.2) is 0 Å². The minimum atomic E-state index is 0.672. The number of hydrogen-bond donors (Lipinski definition) is 1. The molecule has 0 saturated carbocycles. The summed E-state index contributed by atoms with van der Waals surface area (Å²) >= 11 is 0. The van der Waals surface area contributed by atoms with Crippen LogP contribution in [-0.4, -0.2) is 36.6 Å². The molecule has 0 spiro atoms. The van der Waals surface area contributed by atoms with Gasteiger partial charge < -0.3 is 5.32 Å². The summed E-state index contributed by atoms with van der Waals surface area (Å²) in [7, 11) is 0. The average Bonchev–Trinajstić information content (AvgIpc) is 2.25. The van der Waals surface area contributed by atoms with E-state index in [1.165, 1.54) is 38.9 Å². The van der Waals surface area contributed by atoms with Crippen molar-refractivity contribution in [3.05, 3.63) is 0 Å². The van der Waals surface area contributed by atoms with Gasteiger partial charge in [0.1, 0.15) is 0 Å². The lowest BCUT2D eigenvalue weighted by molar-refractivity contribution is 0.113. The molecule has 1 N–H and O–H groups in total. The molecule has 1 rings (SSSR count). The van der Waals surface area contributed by atoms with E-state index in [-0.39, 0.29) is 0 Å². The van der Waals surface area contributed by atoms with Crippen LogP contribution in [0.3, 0.4) is 0 Å². The van der Waals surface area contributed by atoms with E-state index in [1.807, 2.05) is 0 Å². The highest BCUT2D eigenvalue weighted by molar-refractivity contribution is 4.78. The summed E-state index contributed by atoms with van der Waals surface area (Å²) in [5, 5.41) is 3.53. The monoisotopic (exact) mass is 240 g/mol. The van der Waals surface area contributed by atoms with E-state index < -0.39 is 0 Å². The van der Waals surface area contributed by atoms with Gasteiger partial charge in [-0.25, -0.2) is 0 Å². The van der Waals surface area contributed by atoms with Gasteiger partial charge in [-0.05, 0) is 65.0 Å². The summed E-state index contributed by atoms with van der Waals surface area (Å²) in [5.41, 5.74) is 0. The lowest BCUT2D eigenvalue weighted by Crippen LogP contribution is -2.45. The summed E-state index contributed by atoms with van der Waals surface area (Å²) < 4.78 is 0. The van der Waals surface area contributed by atoms with Crippen LogP contribution < -0.4 is 5.32 Å². The zero-order chi connectivity index (χ0) is 12.8. The van der Waals surface area contributed by atoms with Gasteiger partial charge in [-0.2, -0.15) is 0 Å². The maximum Gasteiger partial charge on any atom is 0.00721 e. The van der Waals surface area contributed by atoms with Gasteiger partial charge in [-0.15, -0.1) is 0 Å². The van der Waals surface area contributed by atoms with Crippen molar-refractivity contribution in [1.82, 2.24) is 10.2 Å². The van der Waals surface area contributed by atoms with Crippen molar-refractivity contribution in [2.45, 2.75) is 66.0 Å². The molecule has 0 amide bonds. The van der Waals surface area contributed by atoms with E-state index in [0.717, 1.165) is 17.9 Å². The summed E-state index contributed by atoms with van der Waals surface area (Å²) in [4.78, 5) is 2.71. The normalized spacial score (nSPS) is 23.6. The number of nitrogens with one attached hydrogen (secondary N) is 1. The molecule has 1 saturated heterocycles. The fraction of sp³-hybridized carbons (Fsp3) is 1.00. The van der Waals surface area contributed by atoms with Gasteiger partial charge in [-0.3, -0.25) is 4.90 Å². The summed E-state index contributed by atoms with van der Waals surface area (Å²) in [6.45, 7) is 15.5. The minimum Gasteiger partial charge on any atom is -0.316 e. The lowest BCUT2D eigenvalue weighted by atomic mass is 9.96. The smallest absolute Gasteiger partial charge is 0.00721 e. The Kier molecular flexibility index (Phi) is 6.50. The van der Waals surface area contributed by atoms with E-state index in [1.54, 1.807) is 0 Å². The zero-order valence-corrected chi connectivity index (χ0v) is 12.5. The quantitative estimate of drug-likeness (QED) is 0.767. The van der Waals surface area contributed by atoms with Gasteiger partial charge in [0.25, 0.3) is 0 Å². The second-order valence-electron chi connectivity index (χ2n) is 6.48. The van der Waals surface area contributed by atoms with Crippen LogP contribution in [0.2, 0.25) is 0 Å². The molecule has 0 aliphatic carbocycles. The number of nitrogens with zero attached hydrogens (tertiary/aromatic N) is 1. The van der Waals surface area contributed by atoms with Crippen molar-refractivity contribution in [3.63, 3.8) is 0 Å². The maximum atomic E-state index is 3.53. The zero-order valence-electron chi connectivity index (χ0n) is 12.5. The summed E-state index contributed by atoms with van der Waals surface area (Å²) in [6, 6.07) is 1.39. The fourth-order valence-electron chi connectivity index (χ4n) is 3.10. The molecule has 0 bridgehead atoms. The van der Waals surface area contributed by atoms with Gasteiger partial charge >= 0.3 is 0 Å². The van der Waals surface area contributed by atoms with Crippen LogP contribution in [-0.2, 0) is 0 Å². The highest BCUT2D eigenvalue weighted by Crippen LogP contribution is 2.19.